The molecule has 1 aromatic carbocycles. The summed E-state index contributed by atoms with van der Waals surface area (Å²) < 4.78 is 15.3. The Balaban J connectivity index is 2.63. The molecule has 0 bridgehead atoms. The second-order valence-electron chi connectivity index (χ2n) is 3.70. The quantitative estimate of drug-likeness (QED) is 0.772. The maximum absolute atomic E-state index is 13.8. The second-order valence-corrected chi connectivity index (χ2v) is 3.70. The van der Waals surface area contributed by atoms with E-state index in [1.807, 2.05) is 0 Å². The van der Waals surface area contributed by atoms with Crippen LogP contribution in [-0.4, -0.2) is 14.9 Å². The first-order valence-corrected chi connectivity index (χ1v) is 4.78. The van der Waals surface area contributed by atoms with Crippen LogP contribution < -0.4 is 5.73 Å². The standard InChI is InChI=1S/C11H12FN3O/c1-6-3-7(16)4-8(11(6)12)9-5-10(13)15(2)14-9/h3-5,16H,13H2,1-2H3. The fourth-order valence-corrected chi connectivity index (χ4v) is 1.55. The van der Waals surface area contributed by atoms with E-state index in [1.54, 1.807) is 20.0 Å². The third-order valence-electron chi connectivity index (χ3n) is 2.43. The molecule has 0 aliphatic carbocycles. The predicted molar refractivity (Wildman–Crippen MR) is 59.4 cm³/mol. The first kappa shape index (κ1) is 10.5. The largest absolute Gasteiger partial charge is 0.508 e. The van der Waals surface area contributed by atoms with Gasteiger partial charge in [0.1, 0.15) is 17.4 Å². The van der Waals surface area contributed by atoms with Crippen LogP contribution in [0, 0.1) is 12.7 Å². The lowest BCUT2D eigenvalue weighted by atomic mass is 10.1. The van der Waals surface area contributed by atoms with Gasteiger partial charge in [-0.05, 0) is 24.6 Å². The van der Waals surface area contributed by atoms with Gasteiger partial charge in [-0.3, -0.25) is 4.68 Å². The van der Waals surface area contributed by atoms with Crippen molar-refractivity contribution in [2.45, 2.75) is 6.92 Å². The van der Waals surface area contributed by atoms with Crippen LogP contribution in [0.3, 0.4) is 0 Å². The van der Waals surface area contributed by atoms with Gasteiger partial charge >= 0.3 is 0 Å². The summed E-state index contributed by atoms with van der Waals surface area (Å²) in [4.78, 5) is 0. The SMILES string of the molecule is Cc1cc(O)cc(-c2cc(N)n(C)n2)c1F. The smallest absolute Gasteiger partial charge is 0.135 e. The summed E-state index contributed by atoms with van der Waals surface area (Å²) in [5.41, 5.74) is 6.66. The van der Waals surface area contributed by atoms with E-state index in [1.165, 1.54) is 16.8 Å². The number of aryl methyl sites for hydroxylation is 2. The summed E-state index contributed by atoms with van der Waals surface area (Å²) in [5.74, 6) is 0.0596. The number of benzene rings is 1. The molecule has 4 nitrogen and oxygen atoms in total. The van der Waals surface area contributed by atoms with Crippen molar-refractivity contribution in [3.8, 4) is 17.0 Å². The fraction of sp³-hybridized carbons (Fsp3) is 0.182. The number of rotatable bonds is 1. The molecule has 0 aliphatic heterocycles. The molecule has 0 atom stereocenters. The molecule has 16 heavy (non-hydrogen) atoms. The number of hydrogen-bond donors (Lipinski definition) is 2. The topological polar surface area (TPSA) is 64.1 Å². The first-order chi connectivity index (χ1) is 7.49. The van der Waals surface area contributed by atoms with Crippen molar-refractivity contribution < 1.29 is 9.50 Å². The predicted octanol–water partition coefficient (Wildman–Crippen LogP) is 1.82. The zero-order chi connectivity index (χ0) is 11.9. The van der Waals surface area contributed by atoms with Crippen molar-refractivity contribution in [3.63, 3.8) is 0 Å². The summed E-state index contributed by atoms with van der Waals surface area (Å²) in [7, 11) is 1.67. The maximum atomic E-state index is 13.8. The Bertz CT molecular complexity index is 529. The highest BCUT2D eigenvalue weighted by Gasteiger charge is 2.13. The molecule has 1 heterocycles. The lowest BCUT2D eigenvalue weighted by molar-refractivity contribution is 0.472. The Morgan fingerprint density at radius 2 is 2.06 bits per heavy atom. The maximum Gasteiger partial charge on any atom is 0.135 e. The van der Waals surface area contributed by atoms with Crippen LogP contribution in [0.2, 0.25) is 0 Å². The van der Waals surface area contributed by atoms with Crippen LogP contribution >= 0.6 is 0 Å². The molecule has 0 saturated heterocycles. The molecular weight excluding hydrogens is 209 g/mol. The monoisotopic (exact) mass is 221 g/mol. The van der Waals surface area contributed by atoms with Crippen LogP contribution in [0.4, 0.5) is 10.2 Å². The van der Waals surface area contributed by atoms with Crippen molar-refractivity contribution >= 4 is 5.82 Å². The van der Waals surface area contributed by atoms with Gasteiger partial charge in [-0.1, -0.05) is 0 Å². The molecule has 0 unspecified atom stereocenters. The van der Waals surface area contributed by atoms with Gasteiger partial charge in [0.15, 0.2) is 0 Å². The summed E-state index contributed by atoms with van der Waals surface area (Å²) in [6.07, 6.45) is 0. The number of nitrogens with zero attached hydrogens (tertiary/aromatic N) is 2. The van der Waals surface area contributed by atoms with E-state index in [-0.39, 0.29) is 11.3 Å². The highest BCUT2D eigenvalue weighted by atomic mass is 19.1. The molecular formula is C11H12FN3O. The number of anilines is 1. The van der Waals surface area contributed by atoms with Crippen molar-refractivity contribution in [1.29, 1.82) is 0 Å². The van der Waals surface area contributed by atoms with Gasteiger partial charge in [0, 0.05) is 18.7 Å². The van der Waals surface area contributed by atoms with E-state index in [9.17, 15) is 9.50 Å². The number of halogens is 1. The highest BCUT2D eigenvalue weighted by Crippen LogP contribution is 2.28. The van der Waals surface area contributed by atoms with Crippen LogP contribution in [0.1, 0.15) is 5.56 Å². The van der Waals surface area contributed by atoms with Crippen molar-refractivity contribution in [2.24, 2.45) is 7.05 Å². The van der Waals surface area contributed by atoms with Crippen LogP contribution in [0.15, 0.2) is 18.2 Å². The minimum Gasteiger partial charge on any atom is -0.508 e. The molecule has 0 fully saturated rings. The number of hydrogen-bond acceptors (Lipinski definition) is 3. The summed E-state index contributed by atoms with van der Waals surface area (Å²) in [5, 5.41) is 13.5. The van der Waals surface area contributed by atoms with E-state index in [2.05, 4.69) is 5.10 Å². The van der Waals surface area contributed by atoms with Gasteiger partial charge in [-0.2, -0.15) is 5.10 Å². The third-order valence-corrected chi connectivity index (χ3v) is 2.43. The van der Waals surface area contributed by atoms with Crippen molar-refractivity contribution in [3.05, 3.63) is 29.6 Å². The van der Waals surface area contributed by atoms with Gasteiger partial charge < -0.3 is 10.8 Å². The van der Waals surface area contributed by atoms with Crippen LogP contribution in [-0.2, 0) is 7.05 Å². The average molecular weight is 221 g/mol. The fourth-order valence-electron chi connectivity index (χ4n) is 1.55. The van der Waals surface area contributed by atoms with E-state index >= 15 is 0 Å². The van der Waals surface area contributed by atoms with E-state index in [0.717, 1.165) is 0 Å². The third kappa shape index (κ3) is 1.60. The molecule has 3 N–H and O–H groups in total. The number of phenolic OH excluding ortho intramolecular Hbond substituents is 1. The van der Waals surface area contributed by atoms with Gasteiger partial charge in [0.05, 0.1) is 5.69 Å². The van der Waals surface area contributed by atoms with E-state index < -0.39 is 5.82 Å². The summed E-state index contributed by atoms with van der Waals surface area (Å²) in [6, 6.07) is 4.27. The molecule has 0 aliphatic rings. The Hall–Kier alpha value is -2.04. The Morgan fingerprint density at radius 3 is 2.62 bits per heavy atom. The summed E-state index contributed by atoms with van der Waals surface area (Å²) >= 11 is 0. The van der Waals surface area contributed by atoms with Gasteiger partial charge in [0.2, 0.25) is 0 Å². The van der Waals surface area contributed by atoms with E-state index in [4.69, 9.17) is 5.73 Å². The normalized spacial score (nSPS) is 10.7. The van der Waals surface area contributed by atoms with Crippen molar-refractivity contribution in [1.82, 2.24) is 9.78 Å². The second kappa shape index (κ2) is 3.52. The number of aromatic nitrogens is 2. The van der Waals surface area contributed by atoms with E-state index in [0.29, 0.717) is 17.1 Å². The average Bonchev–Trinajstić information content (AvgIpc) is 2.53. The molecule has 2 rings (SSSR count). The van der Waals surface area contributed by atoms with Gasteiger partial charge in [-0.25, -0.2) is 4.39 Å². The van der Waals surface area contributed by atoms with Crippen LogP contribution in [0.25, 0.3) is 11.3 Å². The minimum atomic E-state index is -0.393. The molecule has 0 saturated carbocycles. The zero-order valence-electron chi connectivity index (χ0n) is 9.03. The minimum absolute atomic E-state index is 0.0122. The highest BCUT2D eigenvalue weighted by molar-refractivity contribution is 5.65. The van der Waals surface area contributed by atoms with Gasteiger partial charge in [-0.15, -0.1) is 0 Å². The molecule has 5 heteroatoms. The zero-order valence-corrected chi connectivity index (χ0v) is 9.03. The van der Waals surface area contributed by atoms with Crippen LogP contribution in [0.5, 0.6) is 5.75 Å². The molecule has 2 aromatic rings. The Labute approximate surface area is 92.1 Å². The summed E-state index contributed by atoms with van der Waals surface area (Å²) in [6.45, 7) is 1.59. The Kier molecular flexibility index (Phi) is 2.30. The number of phenols is 1. The molecule has 0 amide bonds. The lowest BCUT2D eigenvalue weighted by Gasteiger charge is -2.03. The first-order valence-electron chi connectivity index (χ1n) is 4.78. The molecule has 84 valence electrons. The Morgan fingerprint density at radius 1 is 1.38 bits per heavy atom. The van der Waals surface area contributed by atoms with Crippen molar-refractivity contribution in [2.75, 3.05) is 5.73 Å². The lowest BCUT2D eigenvalue weighted by Crippen LogP contribution is -1.97. The number of aromatic hydroxyl groups is 1. The molecule has 0 radical (unpaired) electrons. The molecule has 1 aromatic heterocycles. The molecule has 0 spiro atoms. The van der Waals surface area contributed by atoms with Gasteiger partial charge in [0.25, 0.3) is 0 Å². The number of nitrogen functional groups attached to an aromatic ring is 1. The number of nitrogens with two attached hydrogens (primary N) is 1.